The molecule has 0 aliphatic heterocycles. The minimum atomic E-state index is -3.14. The number of hydrogen-bond donors (Lipinski definition) is 2. The van der Waals surface area contributed by atoms with Crippen LogP contribution in [0.15, 0.2) is 12.4 Å². The number of hydrogen-bond acceptors (Lipinski definition) is 4. The van der Waals surface area contributed by atoms with Crippen molar-refractivity contribution in [2.75, 3.05) is 12.8 Å². The van der Waals surface area contributed by atoms with Gasteiger partial charge in [0.1, 0.15) is 5.82 Å². The zero-order chi connectivity index (χ0) is 13.8. The molecule has 0 fully saturated rings. The van der Waals surface area contributed by atoms with Crippen molar-refractivity contribution in [3.63, 3.8) is 0 Å². The fourth-order valence-electron chi connectivity index (χ4n) is 1.74. The Bertz CT molecular complexity index is 452. The molecule has 1 rings (SSSR count). The molecule has 0 spiro atoms. The van der Waals surface area contributed by atoms with Crippen LogP contribution in [0.3, 0.4) is 0 Å². The van der Waals surface area contributed by atoms with Gasteiger partial charge in [0.25, 0.3) is 0 Å². The van der Waals surface area contributed by atoms with Gasteiger partial charge < -0.3 is 10.3 Å². The van der Waals surface area contributed by atoms with E-state index in [0.29, 0.717) is 6.42 Å². The standard InChI is InChI=1S/C12H23N3O2S/c1-5-6-13-10(9-11-14-7-8-15-11)12(2,3)18(4,16)17/h7-8,10,13H,5-6,9H2,1-4H3,(H,14,15). The molecule has 0 bridgehead atoms. The van der Waals surface area contributed by atoms with Gasteiger partial charge in [0.2, 0.25) is 0 Å². The summed E-state index contributed by atoms with van der Waals surface area (Å²) in [6.07, 6.45) is 6.26. The molecule has 0 amide bonds. The number of rotatable bonds is 7. The summed E-state index contributed by atoms with van der Waals surface area (Å²) in [7, 11) is -3.14. The lowest BCUT2D eigenvalue weighted by atomic mass is 9.99. The Labute approximate surface area is 109 Å². The summed E-state index contributed by atoms with van der Waals surface area (Å²) in [6, 6.07) is -0.154. The van der Waals surface area contributed by atoms with Gasteiger partial charge in [-0.15, -0.1) is 0 Å². The highest BCUT2D eigenvalue weighted by atomic mass is 32.2. The summed E-state index contributed by atoms with van der Waals surface area (Å²) in [5.74, 6) is 0.806. The molecule has 104 valence electrons. The molecule has 0 saturated heterocycles. The lowest BCUT2D eigenvalue weighted by Crippen LogP contribution is -2.53. The van der Waals surface area contributed by atoms with Crippen molar-refractivity contribution >= 4 is 9.84 Å². The molecule has 0 aliphatic rings. The van der Waals surface area contributed by atoms with E-state index in [2.05, 4.69) is 22.2 Å². The Balaban J connectivity index is 2.90. The van der Waals surface area contributed by atoms with Gasteiger partial charge in [0, 0.05) is 31.1 Å². The molecule has 18 heavy (non-hydrogen) atoms. The van der Waals surface area contributed by atoms with Crippen LogP contribution in [0.2, 0.25) is 0 Å². The number of imidazole rings is 1. The van der Waals surface area contributed by atoms with E-state index in [1.807, 2.05) is 0 Å². The first-order valence-corrected chi connectivity index (χ1v) is 8.09. The number of nitrogens with one attached hydrogen (secondary N) is 2. The topological polar surface area (TPSA) is 74.8 Å². The second kappa shape index (κ2) is 5.84. The normalized spacial score (nSPS) is 14.7. The molecular formula is C12H23N3O2S. The van der Waals surface area contributed by atoms with Gasteiger partial charge in [0.15, 0.2) is 9.84 Å². The van der Waals surface area contributed by atoms with E-state index < -0.39 is 14.6 Å². The van der Waals surface area contributed by atoms with Crippen LogP contribution in [-0.4, -0.2) is 42.0 Å². The molecular weight excluding hydrogens is 250 g/mol. The smallest absolute Gasteiger partial charge is 0.154 e. The van der Waals surface area contributed by atoms with Crippen molar-refractivity contribution in [2.24, 2.45) is 0 Å². The van der Waals surface area contributed by atoms with Crippen LogP contribution in [0.5, 0.6) is 0 Å². The first kappa shape index (κ1) is 15.2. The Kier molecular flexibility index (Phi) is 4.92. The average Bonchev–Trinajstić information content (AvgIpc) is 2.75. The largest absolute Gasteiger partial charge is 0.349 e. The maximum atomic E-state index is 11.9. The average molecular weight is 273 g/mol. The van der Waals surface area contributed by atoms with E-state index in [-0.39, 0.29) is 6.04 Å². The molecule has 5 nitrogen and oxygen atoms in total. The maximum Gasteiger partial charge on any atom is 0.154 e. The maximum absolute atomic E-state index is 11.9. The minimum absolute atomic E-state index is 0.154. The third-order valence-electron chi connectivity index (χ3n) is 3.39. The van der Waals surface area contributed by atoms with Gasteiger partial charge in [-0.3, -0.25) is 0 Å². The third kappa shape index (κ3) is 3.55. The molecule has 1 unspecified atom stereocenters. The molecule has 6 heteroatoms. The second-order valence-corrected chi connectivity index (χ2v) is 7.72. The van der Waals surface area contributed by atoms with Gasteiger partial charge in [0.05, 0.1) is 4.75 Å². The molecule has 2 N–H and O–H groups in total. The van der Waals surface area contributed by atoms with Gasteiger partial charge in [-0.05, 0) is 26.8 Å². The van der Waals surface area contributed by atoms with Crippen molar-refractivity contribution in [3.8, 4) is 0 Å². The minimum Gasteiger partial charge on any atom is -0.349 e. The van der Waals surface area contributed by atoms with Crippen molar-refractivity contribution in [1.29, 1.82) is 0 Å². The monoisotopic (exact) mass is 273 g/mol. The van der Waals surface area contributed by atoms with Crippen LogP contribution in [0.4, 0.5) is 0 Å². The highest BCUT2D eigenvalue weighted by molar-refractivity contribution is 7.92. The summed E-state index contributed by atoms with van der Waals surface area (Å²) in [5.41, 5.74) is 0. The first-order valence-electron chi connectivity index (χ1n) is 6.20. The van der Waals surface area contributed by atoms with Gasteiger partial charge in [-0.1, -0.05) is 6.92 Å². The molecule has 0 radical (unpaired) electrons. The summed E-state index contributed by atoms with van der Waals surface area (Å²) < 4.78 is 23.0. The van der Waals surface area contributed by atoms with E-state index in [1.54, 1.807) is 26.2 Å². The molecule has 1 atom stereocenters. The number of sulfone groups is 1. The first-order chi connectivity index (χ1) is 8.29. The molecule has 0 aromatic carbocycles. The van der Waals surface area contributed by atoms with Crippen LogP contribution in [0, 0.1) is 0 Å². The molecule has 1 aromatic heterocycles. The fourth-order valence-corrected chi connectivity index (χ4v) is 2.43. The third-order valence-corrected chi connectivity index (χ3v) is 5.58. The molecule has 0 saturated carbocycles. The SMILES string of the molecule is CCCNC(Cc1ncc[nH]1)C(C)(C)S(C)(=O)=O. The predicted octanol–water partition coefficient (Wildman–Crippen LogP) is 1.14. The number of aromatic nitrogens is 2. The zero-order valence-corrected chi connectivity index (χ0v) is 12.3. The lowest BCUT2D eigenvalue weighted by molar-refractivity contribution is 0.401. The molecule has 1 aromatic rings. The van der Waals surface area contributed by atoms with Crippen LogP contribution >= 0.6 is 0 Å². The summed E-state index contributed by atoms with van der Waals surface area (Å²) in [4.78, 5) is 7.19. The van der Waals surface area contributed by atoms with E-state index >= 15 is 0 Å². The van der Waals surface area contributed by atoms with E-state index in [0.717, 1.165) is 18.8 Å². The zero-order valence-electron chi connectivity index (χ0n) is 11.5. The van der Waals surface area contributed by atoms with E-state index in [1.165, 1.54) is 6.26 Å². The quantitative estimate of drug-likeness (QED) is 0.781. The summed E-state index contributed by atoms with van der Waals surface area (Å²) >= 11 is 0. The van der Waals surface area contributed by atoms with E-state index in [4.69, 9.17) is 0 Å². The number of nitrogens with zero attached hydrogens (tertiary/aromatic N) is 1. The van der Waals surface area contributed by atoms with Crippen molar-refractivity contribution in [1.82, 2.24) is 15.3 Å². The Morgan fingerprint density at radius 3 is 2.61 bits per heavy atom. The van der Waals surface area contributed by atoms with Crippen LogP contribution in [0.1, 0.15) is 33.0 Å². The second-order valence-electron chi connectivity index (χ2n) is 5.12. The molecule has 1 heterocycles. The molecule has 0 aliphatic carbocycles. The highest BCUT2D eigenvalue weighted by Crippen LogP contribution is 2.22. The lowest BCUT2D eigenvalue weighted by Gasteiger charge is -2.33. The number of H-pyrrole nitrogens is 1. The Morgan fingerprint density at radius 2 is 2.17 bits per heavy atom. The summed E-state index contributed by atoms with van der Waals surface area (Å²) in [6.45, 7) is 6.38. The van der Waals surface area contributed by atoms with Crippen molar-refractivity contribution in [2.45, 2.75) is 44.4 Å². The predicted molar refractivity (Wildman–Crippen MR) is 73.3 cm³/mol. The van der Waals surface area contributed by atoms with Gasteiger partial charge in [-0.2, -0.15) is 0 Å². The van der Waals surface area contributed by atoms with Gasteiger partial charge in [-0.25, -0.2) is 13.4 Å². The van der Waals surface area contributed by atoms with Gasteiger partial charge >= 0.3 is 0 Å². The highest BCUT2D eigenvalue weighted by Gasteiger charge is 2.38. The Morgan fingerprint density at radius 1 is 1.50 bits per heavy atom. The van der Waals surface area contributed by atoms with Crippen LogP contribution in [0.25, 0.3) is 0 Å². The summed E-state index contributed by atoms with van der Waals surface area (Å²) in [5, 5.41) is 3.32. The number of aromatic amines is 1. The van der Waals surface area contributed by atoms with Crippen molar-refractivity contribution < 1.29 is 8.42 Å². The fraction of sp³-hybridized carbons (Fsp3) is 0.750. The van der Waals surface area contributed by atoms with Crippen LogP contribution in [-0.2, 0) is 16.3 Å². The van der Waals surface area contributed by atoms with E-state index in [9.17, 15) is 8.42 Å². The Hall–Kier alpha value is -0.880. The van der Waals surface area contributed by atoms with Crippen molar-refractivity contribution in [3.05, 3.63) is 18.2 Å². The van der Waals surface area contributed by atoms with Crippen LogP contribution < -0.4 is 5.32 Å².